The number of carboxylic acids is 1. The number of aromatic nitrogens is 1. The second-order valence-corrected chi connectivity index (χ2v) is 9.66. The summed E-state index contributed by atoms with van der Waals surface area (Å²) in [6, 6.07) is 0.118. The third-order valence-corrected chi connectivity index (χ3v) is 5.94. The largest absolute Gasteiger partial charge is 0.477 e. The van der Waals surface area contributed by atoms with Gasteiger partial charge in [-0.2, -0.15) is 0 Å². The number of pyridine rings is 1. The van der Waals surface area contributed by atoms with Crippen LogP contribution in [0.5, 0.6) is 0 Å². The number of hydrogen-bond donors (Lipinski definition) is 2. The molecule has 0 spiro atoms. The number of carbonyl (C=O) groups excluding carboxylic acids is 1. The first-order chi connectivity index (χ1) is 15.9. The molecule has 1 saturated heterocycles. The van der Waals surface area contributed by atoms with Crippen LogP contribution in [0.15, 0.2) is 17.1 Å². The fraction of sp³-hybridized carbons (Fsp3) is 0.522. The predicted molar refractivity (Wildman–Crippen MR) is 120 cm³/mol. The van der Waals surface area contributed by atoms with Crippen LogP contribution in [0.1, 0.15) is 50.0 Å². The van der Waals surface area contributed by atoms with Crippen molar-refractivity contribution >= 4 is 28.7 Å². The molecule has 2 heterocycles. The molecule has 2 aliphatic rings. The highest BCUT2D eigenvalue weighted by Gasteiger charge is 2.38. The molecule has 4 rings (SSSR count). The Labute approximate surface area is 194 Å². The monoisotopic (exact) mass is 479 g/mol. The lowest BCUT2D eigenvalue weighted by atomic mass is 10.1. The van der Waals surface area contributed by atoms with E-state index in [1.165, 1.54) is 16.6 Å². The topological polar surface area (TPSA) is 110 Å². The van der Waals surface area contributed by atoms with Gasteiger partial charge in [0.05, 0.1) is 23.0 Å². The van der Waals surface area contributed by atoms with Gasteiger partial charge in [0.15, 0.2) is 5.82 Å². The number of carbonyl (C=O) groups is 2. The Kier molecular flexibility index (Phi) is 6.01. The van der Waals surface area contributed by atoms with E-state index >= 15 is 8.78 Å². The van der Waals surface area contributed by atoms with Gasteiger partial charge in [0, 0.05) is 32.4 Å². The number of methoxy groups -OCH3 is 1. The summed E-state index contributed by atoms with van der Waals surface area (Å²) in [6.45, 7) is 5.28. The first-order valence-electron chi connectivity index (χ1n) is 11.0. The van der Waals surface area contributed by atoms with Crippen LogP contribution in [-0.4, -0.2) is 59.7 Å². The Balaban J connectivity index is 1.74. The normalized spacial score (nSPS) is 20.6. The van der Waals surface area contributed by atoms with E-state index < -0.39 is 52.4 Å². The summed E-state index contributed by atoms with van der Waals surface area (Å²) in [7, 11) is 1.43. The number of anilines is 1. The minimum Gasteiger partial charge on any atom is -0.477 e. The van der Waals surface area contributed by atoms with Crippen LogP contribution in [0.4, 0.5) is 19.3 Å². The Bertz CT molecular complexity index is 1220. The molecule has 0 radical (unpaired) electrons. The number of carboxylic acid groups (broad SMARTS) is 1. The first-order valence-corrected chi connectivity index (χ1v) is 11.0. The fourth-order valence-electron chi connectivity index (χ4n) is 4.31. The van der Waals surface area contributed by atoms with E-state index in [1.54, 1.807) is 20.8 Å². The van der Waals surface area contributed by atoms with Crippen molar-refractivity contribution in [2.45, 2.75) is 57.4 Å². The summed E-state index contributed by atoms with van der Waals surface area (Å²) < 4.78 is 43.2. The molecule has 0 unspecified atom stereocenters. The molecule has 1 aliphatic carbocycles. The molecule has 2 fully saturated rings. The van der Waals surface area contributed by atoms with Crippen molar-refractivity contribution in [1.29, 1.82) is 0 Å². The van der Waals surface area contributed by atoms with Crippen molar-refractivity contribution < 1.29 is 33.0 Å². The van der Waals surface area contributed by atoms with Crippen LogP contribution in [0.25, 0.3) is 10.9 Å². The molecule has 2 aromatic rings. The van der Waals surface area contributed by atoms with Crippen LogP contribution >= 0.6 is 0 Å². The molecule has 2 atom stereocenters. The standard InChI is InChI=1S/C23H27F2N3O6/c1-23(2,3)34-22(32)26-15-9-27(10-16(15)33-4)19-14(24)7-12-18(17(19)25)28(11-5-6-11)8-13(20(12)29)21(30)31/h7-8,11,15-16H,5-6,9-10H2,1-4H3,(H,26,32)(H,30,31)/t15-,16+/m0/s1. The molecule has 1 saturated carbocycles. The van der Waals surface area contributed by atoms with Crippen molar-refractivity contribution in [2.75, 3.05) is 25.1 Å². The number of ether oxygens (including phenoxy) is 2. The van der Waals surface area contributed by atoms with Gasteiger partial charge < -0.3 is 29.4 Å². The average Bonchev–Trinajstić information content (AvgIpc) is 3.48. The number of aromatic carboxylic acids is 1. The Morgan fingerprint density at radius 1 is 1.21 bits per heavy atom. The number of alkyl carbamates (subject to hydrolysis) is 1. The van der Waals surface area contributed by atoms with E-state index in [1.807, 2.05) is 0 Å². The van der Waals surface area contributed by atoms with Crippen LogP contribution < -0.4 is 15.6 Å². The molecule has 1 aliphatic heterocycles. The van der Waals surface area contributed by atoms with E-state index in [0.29, 0.717) is 12.8 Å². The van der Waals surface area contributed by atoms with Crippen molar-refractivity contribution in [3.63, 3.8) is 0 Å². The third-order valence-electron chi connectivity index (χ3n) is 5.94. The molecule has 1 aromatic carbocycles. The number of fused-ring (bicyclic) bond motifs is 1. The molecule has 1 aromatic heterocycles. The zero-order chi connectivity index (χ0) is 24.9. The molecule has 0 bridgehead atoms. The Morgan fingerprint density at radius 3 is 2.44 bits per heavy atom. The van der Waals surface area contributed by atoms with E-state index in [4.69, 9.17) is 9.47 Å². The maximum absolute atomic E-state index is 15.8. The van der Waals surface area contributed by atoms with E-state index in [0.717, 1.165) is 12.3 Å². The lowest BCUT2D eigenvalue weighted by molar-refractivity contribution is 0.0417. The van der Waals surface area contributed by atoms with Crippen LogP contribution in [0.3, 0.4) is 0 Å². The molecular formula is C23H27F2N3O6. The van der Waals surface area contributed by atoms with Crippen molar-refractivity contribution in [3.05, 3.63) is 39.7 Å². The molecule has 11 heteroatoms. The van der Waals surface area contributed by atoms with Gasteiger partial charge in [0.1, 0.15) is 22.7 Å². The number of hydrogen-bond acceptors (Lipinski definition) is 6. The quantitative estimate of drug-likeness (QED) is 0.678. The number of amides is 1. The second-order valence-electron chi connectivity index (χ2n) is 9.66. The summed E-state index contributed by atoms with van der Waals surface area (Å²) >= 11 is 0. The summed E-state index contributed by atoms with van der Waals surface area (Å²) in [5.41, 5.74) is -2.69. The van der Waals surface area contributed by atoms with E-state index in [2.05, 4.69) is 5.32 Å². The predicted octanol–water partition coefficient (Wildman–Crippen LogP) is 3.04. The van der Waals surface area contributed by atoms with Gasteiger partial charge in [0.2, 0.25) is 5.43 Å². The number of benzene rings is 1. The van der Waals surface area contributed by atoms with Gasteiger partial charge >= 0.3 is 12.1 Å². The summed E-state index contributed by atoms with van der Waals surface area (Å²) in [4.78, 5) is 37.8. The van der Waals surface area contributed by atoms with Gasteiger partial charge in [-0.05, 0) is 39.7 Å². The highest BCUT2D eigenvalue weighted by Crippen LogP contribution is 2.40. The van der Waals surface area contributed by atoms with E-state index in [-0.39, 0.29) is 35.7 Å². The van der Waals surface area contributed by atoms with Gasteiger partial charge in [-0.1, -0.05) is 0 Å². The van der Waals surface area contributed by atoms with Gasteiger partial charge in [-0.3, -0.25) is 4.79 Å². The Morgan fingerprint density at radius 2 is 1.88 bits per heavy atom. The van der Waals surface area contributed by atoms with Gasteiger partial charge in [-0.15, -0.1) is 0 Å². The fourth-order valence-corrected chi connectivity index (χ4v) is 4.31. The van der Waals surface area contributed by atoms with Crippen molar-refractivity contribution in [1.82, 2.24) is 9.88 Å². The summed E-state index contributed by atoms with van der Waals surface area (Å²) in [5, 5.41) is 11.7. The maximum Gasteiger partial charge on any atom is 0.408 e. The number of rotatable bonds is 5. The lowest BCUT2D eigenvalue weighted by Gasteiger charge is -2.24. The summed E-state index contributed by atoms with van der Waals surface area (Å²) in [6.07, 6.45) is 1.28. The van der Waals surface area contributed by atoms with Crippen LogP contribution in [-0.2, 0) is 9.47 Å². The minimum atomic E-state index is -1.45. The molecule has 2 N–H and O–H groups in total. The maximum atomic E-state index is 15.8. The highest BCUT2D eigenvalue weighted by molar-refractivity contribution is 5.94. The molecule has 34 heavy (non-hydrogen) atoms. The van der Waals surface area contributed by atoms with Crippen LogP contribution in [0.2, 0.25) is 0 Å². The van der Waals surface area contributed by atoms with Gasteiger partial charge in [-0.25, -0.2) is 18.4 Å². The Hall–Kier alpha value is -3.21. The van der Waals surface area contributed by atoms with Crippen molar-refractivity contribution in [2.24, 2.45) is 0 Å². The number of nitrogens with one attached hydrogen (secondary N) is 1. The van der Waals surface area contributed by atoms with Gasteiger partial charge in [0.25, 0.3) is 0 Å². The minimum absolute atomic E-state index is 0.0396. The SMILES string of the molecule is CO[C@@H]1CN(c2c(F)cc3c(=O)c(C(=O)O)cn(C4CC4)c3c2F)C[C@@H]1NC(=O)OC(C)(C)C. The first kappa shape index (κ1) is 23.9. The third kappa shape index (κ3) is 4.44. The average molecular weight is 479 g/mol. The second kappa shape index (κ2) is 8.53. The highest BCUT2D eigenvalue weighted by atomic mass is 19.1. The molecular weight excluding hydrogens is 452 g/mol. The van der Waals surface area contributed by atoms with Crippen molar-refractivity contribution in [3.8, 4) is 0 Å². The molecule has 1 amide bonds. The zero-order valence-corrected chi connectivity index (χ0v) is 19.4. The number of nitrogens with zero attached hydrogens (tertiary/aromatic N) is 2. The van der Waals surface area contributed by atoms with E-state index in [9.17, 15) is 19.5 Å². The smallest absolute Gasteiger partial charge is 0.408 e. The van der Waals surface area contributed by atoms with Crippen LogP contribution in [0, 0.1) is 11.6 Å². The molecule has 184 valence electrons. The zero-order valence-electron chi connectivity index (χ0n) is 19.4. The molecule has 9 nitrogen and oxygen atoms in total. The summed E-state index contributed by atoms with van der Waals surface area (Å²) in [5.74, 6) is -3.41. The lowest BCUT2D eigenvalue weighted by Crippen LogP contribution is -2.45. The number of halogens is 2.